The molecule has 3 aromatic heterocycles. The van der Waals surface area contributed by atoms with Crippen LogP contribution in [-0.2, 0) is 0 Å². The third-order valence-corrected chi connectivity index (χ3v) is 5.54. The molecule has 4 rings (SSSR count). The van der Waals surface area contributed by atoms with Crippen LogP contribution in [0.4, 0.5) is 19.0 Å². The molecule has 1 aliphatic rings. The zero-order chi connectivity index (χ0) is 25.1. The third-order valence-electron chi connectivity index (χ3n) is 5.54. The molecule has 0 spiro atoms. The second kappa shape index (κ2) is 10.2. The van der Waals surface area contributed by atoms with Gasteiger partial charge in [0.15, 0.2) is 17.5 Å². The van der Waals surface area contributed by atoms with E-state index in [1.54, 1.807) is 6.92 Å². The van der Waals surface area contributed by atoms with Crippen LogP contribution >= 0.6 is 0 Å². The first-order chi connectivity index (χ1) is 16.8. The fraction of sp³-hybridized carbons (Fsp3) is 0.348. The largest absolute Gasteiger partial charge is 0.476 e. The van der Waals surface area contributed by atoms with Crippen molar-refractivity contribution in [3.05, 3.63) is 47.7 Å². The third kappa shape index (κ3) is 5.32. The lowest BCUT2D eigenvalue weighted by Gasteiger charge is -2.30. The number of carbonyl (C=O) groups is 1. The summed E-state index contributed by atoms with van der Waals surface area (Å²) < 4.78 is 49.1. The molecule has 4 heterocycles. The van der Waals surface area contributed by atoms with Gasteiger partial charge in [-0.05, 0) is 45.5 Å². The van der Waals surface area contributed by atoms with Crippen LogP contribution in [0, 0.1) is 17.6 Å². The molecule has 9 nitrogen and oxygen atoms in total. The van der Waals surface area contributed by atoms with Gasteiger partial charge in [-0.25, -0.2) is 28.7 Å². The quantitative estimate of drug-likeness (QED) is 0.545. The molecule has 0 saturated carbocycles. The van der Waals surface area contributed by atoms with Crippen molar-refractivity contribution in [1.29, 1.82) is 0 Å². The highest BCUT2D eigenvalue weighted by atomic mass is 19.1. The molecule has 184 valence electrons. The van der Waals surface area contributed by atoms with Crippen LogP contribution in [0.1, 0.15) is 30.1 Å². The summed E-state index contributed by atoms with van der Waals surface area (Å²) >= 11 is 0. The Labute approximate surface area is 199 Å². The van der Waals surface area contributed by atoms with E-state index in [-0.39, 0.29) is 41.0 Å². The van der Waals surface area contributed by atoms with Crippen molar-refractivity contribution < 1.29 is 22.7 Å². The maximum atomic E-state index is 15.5. The summed E-state index contributed by atoms with van der Waals surface area (Å²) in [5.41, 5.74) is 4.50. The van der Waals surface area contributed by atoms with Gasteiger partial charge in [0.2, 0.25) is 5.88 Å². The number of carbonyl (C=O) groups excluding carboxylic acids is 1. The van der Waals surface area contributed by atoms with Crippen LogP contribution in [0.15, 0.2) is 24.5 Å². The summed E-state index contributed by atoms with van der Waals surface area (Å²) in [6, 6.07) is 2.12. The Hall–Kier alpha value is -3.80. The maximum Gasteiger partial charge on any atom is 0.256 e. The average Bonchev–Trinajstić information content (AvgIpc) is 2.82. The smallest absolute Gasteiger partial charge is 0.256 e. The number of aromatic nitrogens is 4. The highest BCUT2D eigenvalue weighted by Gasteiger charge is 2.25. The number of nitrogens with one attached hydrogen (secondary N) is 1. The summed E-state index contributed by atoms with van der Waals surface area (Å²) in [5.74, 6) is -4.25. The van der Waals surface area contributed by atoms with Gasteiger partial charge in [0.1, 0.15) is 11.4 Å². The van der Waals surface area contributed by atoms with Gasteiger partial charge in [0.25, 0.3) is 11.9 Å². The summed E-state index contributed by atoms with van der Waals surface area (Å²) in [4.78, 5) is 30.5. The van der Waals surface area contributed by atoms with E-state index in [1.165, 1.54) is 12.3 Å². The fourth-order valence-corrected chi connectivity index (χ4v) is 3.86. The minimum atomic E-state index is -1.11. The van der Waals surface area contributed by atoms with Gasteiger partial charge < -0.3 is 20.7 Å². The number of amides is 1. The highest BCUT2D eigenvalue weighted by molar-refractivity contribution is 5.96. The molecule has 0 aliphatic carbocycles. The first-order valence-electron chi connectivity index (χ1n) is 11.0. The Balaban J connectivity index is 1.79. The van der Waals surface area contributed by atoms with E-state index in [0.29, 0.717) is 6.54 Å². The normalized spacial score (nSPS) is 16.2. The van der Waals surface area contributed by atoms with Gasteiger partial charge in [-0.1, -0.05) is 0 Å². The molecule has 1 aliphatic heterocycles. The molecule has 1 fully saturated rings. The number of hydrogen-bond acceptors (Lipinski definition) is 8. The van der Waals surface area contributed by atoms with Crippen molar-refractivity contribution in [2.45, 2.75) is 25.8 Å². The fourth-order valence-electron chi connectivity index (χ4n) is 3.86. The Morgan fingerprint density at radius 2 is 2.00 bits per heavy atom. The Morgan fingerprint density at radius 3 is 2.69 bits per heavy atom. The second-order valence-corrected chi connectivity index (χ2v) is 8.17. The first-order valence-corrected chi connectivity index (χ1v) is 11.0. The minimum Gasteiger partial charge on any atom is -0.476 e. The van der Waals surface area contributed by atoms with Crippen molar-refractivity contribution in [2.75, 3.05) is 32.5 Å². The number of nitrogens with two attached hydrogens (primary N) is 1. The number of piperidine rings is 1. The van der Waals surface area contributed by atoms with Gasteiger partial charge >= 0.3 is 0 Å². The van der Waals surface area contributed by atoms with Crippen LogP contribution in [0.25, 0.3) is 22.6 Å². The van der Waals surface area contributed by atoms with Crippen LogP contribution in [-0.4, -0.2) is 63.5 Å². The number of ether oxygens (including phenoxy) is 1. The minimum absolute atomic E-state index is 0.0285. The van der Waals surface area contributed by atoms with Gasteiger partial charge in [-0.3, -0.25) is 4.79 Å². The molecule has 3 N–H and O–H groups in total. The van der Waals surface area contributed by atoms with Crippen LogP contribution in [0.2, 0.25) is 0 Å². The monoisotopic (exact) mass is 487 g/mol. The van der Waals surface area contributed by atoms with Gasteiger partial charge in [0.05, 0.1) is 24.1 Å². The van der Waals surface area contributed by atoms with Crippen molar-refractivity contribution in [3.8, 4) is 28.5 Å². The number of likely N-dealkylation sites (N-methyl/N-ethyl adjacent to an activating group) is 1. The lowest BCUT2D eigenvalue weighted by molar-refractivity contribution is 0.0908. The van der Waals surface area contributed by atoms with Crippen molar-refractivity contribution in [2.24, 2.45) is 0 Å². The summed E-state index contributed by atoms with van der Waals surface area (Å²) in [6.45, 7) is 3.41. The standard InChI is InChI=1S/C23H24F3N7O2/c1-3-35-23-15(24)7-12(9-29-23)16-8-14(22(34)30-13-5-4-6-33(2)11-13)18(25)19(31-16)17-10-28-21(27)20(26)32-17/h7-10,13H,3-6,11H2,1-2H3,(H2,27,28)(H,30,34)/t13-/m0/s1. The molecule has 12 heteroatoms. The molecule has 0 bridgehead atoms. The highest BCUT2D eigenvalue weighted by Crippen LogP contribution is 2.29. The summed E-state index contributed by atoms with van der Waals surface area (Å²) in [7, 11) is 1.93. The van der Waals surface area contributed by atoms with Gasteiger partial charge in [0, 0.05) is 24.3 Å². The van der Waals surface area contributed by atoms with Gasteiger partial charge in [-0.15, -0.1) is 0 Å². The van der Waals surface area contributed by atoms with E-state index in [4.69, 9.17) is 10.5 Å². The topological polar surface area (TPSA) is 119 Å². The number of hydrogen-bond donors (Lipinski definition) is 2. The zero-order valence-electron chi connectivity index (χ0n) is 19.2. The average molecular weight is 487 g/mol. The Morgan fingerprint density at radius 1 is 1.20 bits per heavy atom. The van der Waals surface area contributed by atoms with Gasteiger partial charge in [-0.2, -0.15) is 4.39 Å². The molecule has 1 amide bonds. The molecule has 3 aromatic rings. The number of halogens is 3. The van der Waals surface area contributed by atoms with E-state index in [9.17, 15) is 13.6 Å². The number of likely N-dealkylation sites (tertiary alicyclic amines) is 1. The van der Waals surface area contributed by atoms with Crippen LogP contribution in [0.5, 0.6) is 5.88 Å². The summed E-state index contributed by atoms with van der Waals surface area (Å²) in [5, 5.41) is 2.83. The SMILES string of the molecule is CCOc1ncc(-c2cc(C(=O)N[C@H]3CCCN(C)C3)c(F)c(-c3cnc(N)c(F)n3)n2)cc1F. The number of rotatable bonds is 6. The lowest BCUT2D eigenvalue weighted by Crippen LogP contribution is -2.46. The number of pyridine rings is 2. The Bertz CT molecular complexity index is 1260. The van der Waals surface area contributed by atoms with Crippen LogP contribution < -0.4 is 15.8 Å². The molecule has 1 atom stereocenters. The number of nitrogen functional groups attached to an aromatic ring is 1. The number of anilines is 1. The molecule has 0 unspecified atom stereocenters. The molecular formula is C23H24F3N7O2. The van der Waals surface area contributed by atoms with E-state index in [0.717, 1.165) is 31.6 Å². The molecule has 0 radical (unpaired) electrons. The molecule has 0 aromatic carbocycles. The molecule has 1 saturated heterocycles. The lowest BCUT2D eigenvalue weighted by atomic mass is 10.0. The first kappa shape index (κ1) is 24.3. The van der Waals surface area contributed by atoms with E-state index < -0.39 is 35.0 Å². The van der Waals surface area contributed by atoms with Crippen LogP contribution in [0.3, 0.4) is 0 Å². The predicted molar refractivity (Wildman–Crippen MR) is 122 cm³/mol. The van der Waals surface area contributed by atoms with E-state index in [1.807, 2.05) is 7.05 Å². The van der Waals surface area contributed by atoms with E-state index >= 15 is 4.39 Å². The molecule has 35 heavy (non-hydrogen) atoms. The van der Waals surface area contributed by atoms with Crippen molar-refractivity contribution in [1.82, 2.24) is 30.2 Å². The summed E-state index contributed by atoms with van der Waals surface area (Å²) in [6.07, 6.45) is 3.95. The maximum absolute atomic E-state index is 15.5. The van der Waals surface area contributed by atoms with E-state index in [2.05, 4.69) is 30.2 Å². The number of nitrogens with zero attached hydrogens (tertiary/aromatic N) is 5. The Kier molecular flexibility index (Phi) is 7.10. The van der Waals surface area contributed by atoms with Crippen molar-refractivity contribution in [3.63, 3.8) is 0 Å². The molecular weight excluding hydrogens is 463 g/mol. The predicted octanol–water partition coefficient (Wildman–Crippen LogP) is 2.82. The van der Waals surface area contributed by atoms with Crippen molar-refractivity contribution >= 4 is 11.7 Å². The zero-order valence-corrected chi connectivity index (χ0v) is 19.2. The second-order valence-electron chi connectivity index (χ2n) is 8.17.